The predicted octanol–water partition coefficient (Wildman–Crippen LogP) is 2.50. The minimum Gasteiger partial charge on any atom is -0.296 e. The molecule has 0 aromatic heterocycles. The van der Waals surface area contributed by atoms with E-state index >= 15 is 0 Å². The SMILES string of the molecule is CCCC1CCC(CCC)C2C(=O)NC(=O)C12. The van der Waals surface area contributed by atoms with Gasteiger partial charge in [-0.2, -0.15) is 0 Å². The molecule has 4 atom stereocenters. The van der Waals surface area contributed by atoms with Gasteiger partial charge >= 0.3 is 0 Å². The number of rotatable bonds is 4. The predicted molar refractivity (Wildman–Crippen MR) is 66.2 cm³/mol. The van der Waals surface area contributed by atoms with Crippen molar-refractivity contribution in [2.45, 2.75) is 52.4 Å². The molecule has 0 spiro atoms. The van der Waals surface area contributed by atoms with E-state index in [-0.39, 0.29) is 23.7 Å². The second-order valence-corrected chi connectivity index (χ2v) is 5.58. The van der Waals surface area contributed by atoms with Crippen LogP contribution in [0.5, 0.6) is 0 Å². The van der Waals surface area contributed by atoms with Gasteiger partial charge in [-0.05, 0) is 37.5 Å². The van der Waals surface area contributed by atoms with E-state index in [4.69, 9.17) is 0 Å². The van der Waals surface area contributed by atoms with Crippen LogP contribution in [-0.2, 0) is 9.59 Å². The lowest BCUT2D eigenvalue weighted by Crippen LogP contribution is -2.36. The number of carbonyl (C=O) groups is 2. The smallest absolute Gasteiger partial charge is 0.230 e. The van der Waals surface area contributed by atoms with Gasteiger partial charge in [-0.15, -0.1) is 0 Å². The molecule has 2 fully saturated rings. The molecule has 2 amide bonds. The Kier molecular flexibility index (Phi) is 3.85. The summed E-state index contributed by atoms with van der Waals surface area (Å²) in [6.07, 6.45) is 6.63. The van der Waals surface area contributed by atoms with Crippen LogP contribution >= 0.6 is 0 Å². The minimum absolute atomic E-state index is 0.000692. The van der Waals surface area contributed by atoms with E-state index in [2.05, 4.69) is 19.2 Å². The molecule has 2 rings (SSSR count). The third kappa shape index (κ3) is 2.24. The lowest BCUT2D eigenvalue weighted by Gasteiger charge is -2.36. The van der Waals surface area contributed by atoms with Crippen LogP contribution in [0.4, 0.5) is 0 Å². The van der Waals surface area contributed by atoms with E-state index in [0.29, 0.717) is 11.8 Å². The Labute approximate surface area is 103 Å². The Balaban J connectivity index is 2.17. The topological polar surface area (TPSA) is 46.2 Å². The van der Waals surface area contributed by atoms with Crippen molar-refractivity contribution in [3.8, 4) is 0 Å². The maximum atomic E-state index is 11.9. The van der Waals surface area contributed by atoms with Crippen molar-refractivity contribution in [2.24, 2.45) is 23.7 Å². The van der Waals surface area contributed by atoms with Crippen LogP contribution in [0, 0.1) is 23.7 Å². The Morgan fingerprint density at radius 1 is 0.941 bits per heavy atom. The van der Waals surface area contributed by atoms with Crippen molar-refractivity contribution in [3.05, 3.63) is 0 Å². The summed E-state index contributed by atoms with van der Waals surface area (Å²) in [6.45, 7) is 4.31. The largest absolute Gasteiger partial charge is 0.296 e. The highest BCUT2D eigenvalue weighted by molar-refractivity contribution is 6.05. The average Bonchev–Trinajstić information content (AvgIpc) is 2.59. The normalized spacial score (nSPS) is 36.8. The first-order chi connectivity index (χ1) is 8.19. The lowest BCUT2D eigenvalue weighted by atomic mass is 9.65. The van der Waals surface area contributed by atoms with E-state index in [1.807, 2.05) is 0 Å². The van der Waals surface area contributed by atoms with Crippen molar-refractivity contribution >= 4 is 11.8 Å². The van der Waals surface area contributed by atoms with Crippen molar-refractivity contribution in [1.29, 1.82) is 0 Å². The summed E-state index contributed by atoms with van der Waals surface area (Å²) in [5, 5.41) is 2.56. The fourth-order valence-corrected chi connectivity index (χ4v) is 3.81. The van der Waals surface area contributed by atoms with Gasteiger partial charge in [-0.1, -0.05) is 26.7 Å². The van der Waals surface area contributed by atoms with Crippen LogP contribution in [0.2, 0.25) is 0 Å². The number of hydrogen-bond donors (Lipinski definition) is 1. The summed E-state index contributed by atoms with van der Waals surface area (Å²) >= 11 is 0. The van der Waals surface area contributed by atoms with Gasteiger partial charge in [0.25, 0.3) is 0 Å². The number of carbonyl (C=O) groups excluding carboxylic acids is 2. The van der Waals surface area contributed by atoms with Gasteiger partial charge in [-0.25, -0.2) is 0 Å². The molecule has 3 heteroatoms. The third-order valence-corrected chi connectivity index (χ3v) is 4.48. The van der Waals surface area contributed by atoms with Crippen LogP contribution in [0.15, 0.2) is 0 Å². The van der Waals surface area contributed by atoms with Crippen molar-refractivity contribution in [1.82, 2.24) is 5.32 Å². The van der Waals surface area contributed by atoms with Gasteiger partial charge in [-0.3, -0.25) is 14.9 Å². The minimum atomic E-state index is -0.0206. The number of imide groups is 1. The molecule has 17 heavy (non-hydrogen) atoms. The van der Waals surface area contributed by atoms with Gasteiger partial charge < -0.3 is 0 Å². The molecule has 1 N–H and O–H groups in total. The fraction of sp³-hybridized carbons (Fsp3) is 0.857. The van der Waals surface area contributed by atoms with Crippen molar-refractivity contribution < 1.29 is 9.59 Å². The molecule has 96 valence electrons. The van der Waals surface area contributed by atoms with E-state index < -0.39 is 0 Å². The first-order valence-electron chi connectivity index (χ1n) is 7.03. The second kappa shape index (κ2) is 5.19. The Morgan fingerprint density at radius 2 is 1.35 bits per heavy atom. The number of amides is 2. The standard InChI is InChI=1S/C14H23NO2/c1-3-5-9-7-8-10(6-4-2)12-11(9)13(16)15-14(12)17/h9-12H,3-8H2,1-2H3,(H,15,16,17). The lowest BCUT2D eigenvalue weighted by molar-refractivity contribution is -0.126. The molecule has 2 aliphatic rings. The number of fused-ring (bicyclic) bond motifs is 1. The van der Waals surface area contributed by atoms with Gasteiger partial charge in [0.15, 0.2) is 0 Å². The Hall–Kier alpha value is -0.860. The van der Waals surface area contributed by atoms with E-state index in [0.717, 1.165) is 38.5 Å². The summed E-state index contributed by atoms with van der Waals surface area (Å²) in [6, 6.07) is 0. The number of nitrogens with one attached hydrogen (secondary N) is 1. The maximum Gasteiger partial charge on any atom is 0.230 e. The summed E-state index contributed by atoms with van der Waals surface area (Å²) in [4.78, 5) is 23.8. The molecule has 0 bridgehead atoms. The summed E-state index contributed by atoms with van der Waals surface area (Å²) < 4.78 is 0. The van der Waals surface area contributed by atoms with E-state index in [9.17, 15) is 9.59 Å². The second-order valence-electron chi connectivity index (χ2n) is 5.58. The van der Waals surface area contributed by atoms with Crippen LogP contribution in [0.25, 0.3) is 0 Å². The zero-order valence-electron chi connectivity index (χ0n) is 10.9. The molecule has 1 aliphatic heterocycles. The molecule has 4 unspecified atom stereocenters. The van der Waals surface area contributed by atoms with Crippen LogP contribution in [-0.4, -0.2) is 11.8 Å². The van der Waals surface area contributed by atoms with E-state index in [1.54, 1.807) is 0 Å². The highest BCUT2D eigenvalue weighted by atomic mass is 16.2. The Bertz CT molecular complexity index is 283. The molecule has 1 saturated heterocycles. The molecule has 1 aliphatic carbocycles. The van der Waals surface area contributed by atoms with Crippen molar-refractivity contribution in [3.63, 3.8) is 0 Å². The van der Waals surface area contributed by atoms with Gasteiger partial charge in [0.1, 0.15) is 0 Å². The van der Waals surface area contributed by atoms with Crippen LogP contribution < -0.4 is 5.32 Å². The van der Waals surface area contributed by atoms with Gasteiger partial charge in [0.05, 0.1) is 11.8 Å². The Morgan fingerprint density at radius 3 is 1.71 bits per heavy atom. The highest BCUT2D eigenvalue weighted by Gasteiger charge is 2.51. The highest BCUT2D eigenvalue weighted by Crippen LogP contribution is 2.45. The van der Waals surface area contributed by atoms with Crippen LogP contribution in [0.1, 0.15) is 52.4 Å². The fourth-order valence-electron chi connectivity index (χ4n) is 3.81. The zero-order chi connectivity index (χ0) is 12.4. The van der Waals surface area contributed by atoms with Crippen molar-refractivity contribution in [2.75, 3.05) is 0 Å². The average molecular weight is 237 g/mol. The molecule has 1 saturated carbocycles. The maximum absolute atomic E-state index is 11.9. The number of hydrogen-bond acceptors (Lipinski definition) is 2. The molecule has 0 aromatic rings. The molecule has 0 radical (unpaired) electrons. The quantitative estimate of drug-likeness (QED) is 0.764. The molecular formula is C14H23NO2. The summed E-state index contributed by atoms with van der Waals surface area (Å²) in [5.41, 5.74) is 0. The first-order valence-corrected chi connectivity index (χ1v) is 7.03. The molecule has 0 aromatic carbocycles. The van der Waals surface area contributed by atoms with Crippen LogP contribution in [0.3, 0.4) is 0 Å². The van der Waals surface area contributed by atoms with Gasteiger partial charge in [0.2, 0.25) is 11.8 Å². The zero-order valence-corrected chi connectivity index (χ0v) is 10.9. The van der Waals surface area contributed by atoms with E-state index in [1.165, 1.54) is 0 Å². The molecular weight excluding hydrogens is 214 g/mol. The monoisotopic (exact) mass is 237 g/mol. The molecule has 3 nitrogen and oxygen atoms in total. The summed E-state index contributed by atoms with van der Waals surface area (Å²) in [5.74, 6) is 0.827. The molecule has 1 heterocycles. The first kappa shape index (κ1) is 12.6. The third-order valence-electron chi connectivity index (χ3n) is 4.48. The summed E-state index contributed by atoms with van der Waals surface area (Å²) in [7, 11) is 0. The van der Waals surface area contributed by atoms with Gasteiger partial charge in [0, 0.05) is 0 Å².